The number of aryl methyl sites for hydroxylation is 1. The van der Waals surface area contributed by atoms with E-state index in [0.29, 0.717) is 19.1 Å². The van der Waals surface area contributed by atoms with Gasteiger partial charge in [-0.05, 0) is 59.6 Å². The van der Waals surface area contributed by atoms with E-state index >= 15 is 0 Å². The van der Waals surface area contributed by atoms with E-state index in [-0.39, 0.29) is 28.1 Å². The molecular weight excluding hydrogens is 364 g/mol. The van der Waals surface area contributed by atoms with Gasteiger partial charge in [-0.25, -0.2) is 13.8 Å². The van der Waals surface area contributed by atoms with Gasteiger partial charge in [0.2, 0.25) is 0 Å². The van der Waals surface area contributed by atoms with Crippen LogP contribution in [0.3, 0.4) is 0 Å². The minimum Gasteiger partial charge on any atom is -0.375 e. The van der Waals surface area contributed by atoms with Crippen molar-refractivity contribution in [3.63, 3.8) is 0 Å². The molecule has 0 saturated carbocycles. The van der Waals surface area contributed by atoms with Crippen molar-refractivity contribution in [3.8, 4) is 0 Å². The molecule has 1 aromatic carbocycles. The molecule has 7 heteroatoms. The van der Waals surface area contributed by atoms with Crippen molar-refractivity contribution in [1.29, 1.82) is 0 Å². The summed E-state index contributed by atoms with van der Waals surface area (Å²) in [5.41, 5.74) is 3.63. The van der Waals surface area contributed by atoms with Gasteiger partial charge in [-0.2, -0.15) is 0 Å². The zero-order chi connectivity index (χ0) is 19.9. The summed E-state index contributed by atoms with van der Waals surface area (Å²) >= 11 is 0. The van der Waals surface area contributed by atoms with Crippen molar-refractivity contribution in [2.75, 3.05) is 13.2 Å². The largest absolute Gasteiger partial charge is 0.375 e. The Balaban J connectivity index is 1.61. The number of ether oxygens (including phenoxy) is 2. The molecule has 0 aliphatic carbocycles. The zero-order valence-electron chi connectivity index (χ0n) is 16.9. The first-order valence-electron chi connectivity index (χ1n) is 9.61. The molecule has 0 unspecified atom stereocenters. The first kappa shape index (κ1) is 20.7. The van der Waals surface area contributed by atoms with Gasteiger partial charge in [-0.1, -0.05) is 17.7 Å². The Bertz CT molecular complexity index is 759. The normalized spacial score (nSPS) is 29.9. The molecule has 6 nitrogen and oxygen atoms in total. The minimum absolute atomic E-state index is 0.0677. The number of benzene rings is 1. The molecule has 0 amide bonds. The highest BCUT2D eigenvalue weighted by molar-refractivity contribution is 7.89. The van der Waals surface area contributed by atoms with Gasteiger partial charge in [0.1, 0.15) is 0 Å². The van der Waals surface area contributed by atoms with E-state index in [4.69, 9.17) is 9.47 Å². The van der Waals surface area contributed by atoms with Crippen LogP contribution in [0.4, 0.5) is 0 Å². The molecule has 2 aliphatic rings. The number of hydrogen-bond acceptors (Lipinski definition) is 5. The maximum Gasteiger partial charge on any atom is 0.253 e. The van der Waals surface area contributed by atoms with Crippen molar-refractivity contribution < 1.29 is 17.9 Å². The second kappa shape index (κ2) is 7.44. The van der Waals surface area contributed by atoms with Crippen molar-refractivity contribution in [3.05, 3.63) is 29.8 Å². The van der Waals surface area contributed by atoms with E-state index < -0.39 is 10.0 Å². The van der Waals surface area contributed by atoms with Crippen molar-refractivity contribution in [2.45, 2.75) is 69.7 Å². The van der Waals surface area contributed by atoms with Crippen LogP contribution in [-0.2, 0) is 19.5 Å². The fourth-order valence-electron chi connectivity index (χ4n) is 4.27. The summed E-state index contributed by atoms with van der Waals surface area (Å²) in [4.78, 5) is 2.77. The summed E-state index contributed by atoms with van der Waals surface area (Å²) in [7, 11) is -3.58. The van der Waals surface area contributed by atoms with Gasteiger partial charge in [0.25, 0.3) is 10.0 Å². The van der Waals surface area contributed by atoms with Gasteiger partial charge in [-0.15, -0.1) is 4.83 Å². The molecule has 3 atom stereocenters. The maximum atomic E-state index is 12.4. The number of rotatable bonds is 6. The average Bonchev–Trinajstić information content (AvgIpc) is 3.06. The molecule has 0 spiro atoms. The predicted molar refractivity (Wildman–Crippen MR) is 105 cm³/mol. The van der Waals surface area contributed by atoms with Crippen molar-refractivity contribution in [1.82, 2.24) is 10.3 Å². The van der Waals surface area contributed by atoms with Crippen LogP contribution >= 0.6 is 0 Å². The average molecular weight is 397 g/mol. The fraction of sp³-hybridized carbons (Fsp3) is 0.700. The summed E-state index contributed by atoms with van der Waals surface area (Å²) in [6.45, 7) is 11.6. The van der Waals surface area contributed by atoms with E-state index in [9.17, 15) is 8.42 Å². The third kappa shape index (κ3) is 5.09. The summed E-state index contributed by atoms with van der Waals surface area (Å²) in [5.74, 6) is 0.561. The Hall–Kier alpha value is -0.990. The molecule has 2 saturated heterocycles. The summed E-state index contributed by atoms with van der Waals surface area (Å²) < 4.78 is 37.1. The number of hydrazine groups is 1. The molecular formula is C20H32N2O4S. The lowest BCUT2D eigenvalue weighted by Crippen LogP contribution is -2.43. The minimum atomic E-state index is -3.58. The lowest BCUT2D eigenvalue weighted by atomic mass is 9.85. The molecule has 2 aliphatic heterocycles. The number of sulfonamides is 1. The van der Waals surface area contributed by atoms with Gasteiger partial charge < -0.3 is 9.47 Å². The van der Waals surface area contributed by atoms with Gasteiger partial charge in [0.05, 0.1) is 28.8 Å². The van der Waals surface area contributed by atoms with Crippen LogP contribution in [0.1, 0.15) is 46.1 Å². The van der Waals surface area contributed by atoms with Gasteiger partial charge in [0.15, 0.2) is 0 Å². The van der Waals surface area contributed by atoms with Crippen LogP contribution in [0.15, 0.2) is 29.2 Å². The lowest BCUT2D eigenvalue weighted by molar-refractivity contribution is -0.0495. The lowest BCUT2D eigenvalue weighted by Gasteiger charge is -2.26. The van der Waals surface area contributed by atoms with Crippen LogP contribution in [-0.4, -0.2) is 38.9 Å². The smallest absolute Gasteiger partial charge is 0.253 e. The molecule has 152 valence electrons. The highest BCUT2D eigenvalue weighted by Gasteiger charge is 2.47. The fourth-order valence-corrected chi connectivity index (χ4v) is 5.15. The standard InChI is InChI=1S/C20H32N2O4S/c1-14-6-8-17(9-7-14)27(23,24)22-21-12-15-10-20(4,5)26-18(15)16-11-19(2,3)25-13-16/h6-9,15-16,18,21-22H,10-13H2,1-5H3/t15-,16-,18+/m1/s1. The van der Waals surface area contributed by atoms with Gasteiger partial charge in [0, 0.05) is 18.4 Å². The Morgan fingerprint density at radius 2 is 1.74 bits per heavy atom. The van der Waals surface area contributed by atoms with E-state index in [0.717, 1.165) is 18.4 Å². The predicted octanol–water partition coefficient (Wildman–Crippen LogP) is 2.78. The van der Waals surface area contributed by atoms with Crippen molar-refractivity contribution in [2.24, 2.45) is 11.8 Å². The molecule has 2 N–H and O–H groups in total. The molecule has 0 radical (unpaired) electrons. The Morgan fingerprint density at radius 3 is 2.33 bits per heavy atom. The highest BCUT2D eigenvalue weighted by atomic mass is 32.2. The molecule has 27 heavy (non-hydrogen) atoms. The van der Waals surface area contributed by atoms with E-state index in [2.05, 4.69) is 38.0 Å². The maximum absolute atomic E-state index is 12.4. The Kier molecular flexibility index (Phi) is 5.72. The second-order valence-corrected chi connectivity index (χ2v) is 10.8. The third-order valence-electron chi connectivity index (χ3n) is 5.48. The first-order chi connectivity index (χ1) is 12.5. The summed E-state index contributed by atoms with van der Waals surface area (Å²) in [6.07, 6.45) is 1.91. The zero-order valence-corrected chi connectivity index (χ0v) is 17.7. The quantitative estimate of drug-likeness (QED) is 0.723. The first-order valence-corrected chi connectivity index (χ1v) is 11.1. The second-order valence-electron chi connectivity index (χ2n) is 9.14. The van der Waals surface area contributed by atoms with Crippen LogP contribution in [0.2, 0.25) is 0 Å². The van der Waals surface area contributed by atoms with Crippen LogP contribution < -0.4 is 10.3 Å². The molecule has 0 aromatic heterocycles. The third-order valence-corrected chi connectivity index (χ3v) is 6.79. The van der Waals surface area contributed by atoms with E-state index in [1.807, 2.05) is 6.92 Å². The van der Waals surface area contributed by atoms with E-state index in [1.54, 1.807) is 24.3 Å². The van der Waals surface area contributed by atoms with Gasteiger partial charge in [-0.3, -0.25) is 0 Å². The van der Waals surface area contributed by atoms with Gasteiger partial charge >= 0.3 is 0 Å². The Morgan fingerprint density at radius 1 is 1.07 bits per heavy atom. The molecule has 0 bridgehead atoms. The summed E-state index contributed by atoms with van der Waals surface area (Å²) in [5, 5.41) is 0. The van der Waals surface area contributed by atoms with Crippen molar-refractivity contribution >= 4 is 10.0 Å². The molecule has 3 rings (SSSR count). The van der Waals surface area contributed by atoms with Crippen LogP contribution in [0.5, 0.6) is 0 Å². The SMILES string of the molecule is Cc1ccc(S(=O)(=O)NNC[C@H]2CC(C)(C)O[C@@H]2[C@H]2COC(C)(C)C2)cc1. The Labute approximate surface area is 163 Å². The number of nitrogens with one attached hydrogen (secondary N) is 2. The van der Waals surface area contributed by atoms with Crippen LogP contribution in [0.25, 0.3) is 0 Å². The highest BCUT2D eigenvalue weighted by Crippen LogP contribution is 2.43. The van der Waals surface area contributed by atoms with Crippen LogP contribution in [0, 0.1) is 18.8 Å². The number of hydrogen-bond donors (Lipinski definition) is 2. The topological polar surface area (TPSA) is 76.7 Å². The summed E-state index contributed by atoms with van der Waals surface area (Å²) in [6, 6.07) is 6.81. The van der Waals surface area contributed by atoms with E-state index in [1.165, 1.54) is 0 Å². The monoisotopic (exact) mass is 396 g/mol. The molecule has 2 fully saturated rings. The molecule has 1 aromatic rings. The molecule has 2 heterocycles.